The van der Waals surface area contributed by atoms with Crippen LogP contribution in [0.15, 0.2) is 61.2 Å². The zero-order valence-electron chi connectivity index (χ0n) is 11.8. The molecule has 2 nitrogen and oxygen atoms in total. The predicted molar refractivity (Wildman–Crippen MR) is 82.5 cm³/mol. The summed E-state index contributed by atoms with van der Waals surface area (Å²) in [5, 5.41) is 0. The van der Waals surface area contributed by atoms with Crippen LogP contribution in [0, 0.1) is 0 Å². The van der Waals surface area contributed by atoms with E-state index in [4.69, 9.17) is 9.47 Å². The number of benzene rings is 2. The smallest absolute Gasteiger partial charge is 0.161 e. The van der Waals surface area contributed by atoms with Crippen LogP contribution in [0.25, 0.3) is 0 Å². The van der Waals surface area contributed by atoms with Crippen LogP contribution in [-0.4, -0.2) is 13.7 Å². The minimum absolute atomic E-state index is 0.640. The van der Waals surface area contributed by atoms with Crippen LogP contribution in [0.3, 0.4) is 0 Å². The van der Waals surface area contributed by atoms with Gasteiger partial charge < -0.3 is 9.47 Å². The molecule has 0 heterocycles. The van der Waals surface area contributed by atoms with Gasteiger partial charge in [0, 0.05) is 6.42 Å². The molecule has 0 radical (unpaired) electrons. The van der Waals surface area contributed by atoms with Crippen LogP contribution in [0.1, 0.15) is 11.1 Å². The van der Waals surface area contributed by atoms with Gasteiger partial charge in [0.2, 0.25) is 0 Å². The van der Waals surface area contributed by atoms with Gasteiger partial charge in [-0.15, -0.1) is 6.58 Å². The maximum absolute atomic E-state index is 5.81. The predicted octanol–water partition coefficient (Wildman–Crippen LogP) is 4.05. The summed E-state index contributed by atoms with van der Waals surface area (Å²) in [7, 11) is 1.66. The number of allylic oxidation sites excluding steroid dienone is 1. The van der Waals surface area contributed by atoms with Crippen molar-refractivity contribution in [3.8, 4) is 11.5 Å². The third-order valence-corrected chi connectivity index (χ3v) is 3.10. The third-order valence-electron chi connectivity index (χ3n) is 3.10. The molecule has 0 aromatic heterocycles. The SMILES string of the molecule is C=CCc1ccc(OCCc2ccccc2)c(OC)c1. The summed E-state index contributed by atoms with van der Waals surface area (Å²) in [5.41, 5.74) is 2.45. The fourth-order valence-corrected chi connectivity index (χ4v) is 2.05. The van der Waals surface area contributed by atoms with Crippen molar-refractivity contribution in [3.05, 3.63) is 72.3 Å². The molecule has 0 aliphatic heterocycles. The zero-order valence-corrected chi connectivity index (χ0v) is 11.8. The number of hydrogen-bond donors (Lipinski definition) is 0. The number of ether oxygens (including phenoxy) is 2. The molecular weight excluding hydrogens is 248 g/mol. The molecule has 20 heavy (non-hydrogen) atoms. The molecule has 2 aromatic carbocycles. The van der Waals surface area contributed by atoms with E-state index >= 15 is 0 Å². The largest absolute Gasteiger partial charge is 0.493 e. The summed E-state index contributed by atoms with van der Waals surface area (Å²) >= 11 is 0. The average molecular weight is 268 g/mol. The summed E-state index contributed by atoms with van der Waals surface area (Å²) in [5.74, 6) is 1.56. The molecular formula is C18H20O2. The Morgan fingerprint density at radius 1 is 1.00 bits per heavy atom. The molecule has 0 aliphatic carbocycles. The van der Waals surface area contributed by atoms with Crippen LogP contribution < -0.4 is 9.47 Å². The first-order chi connectivity index (χ1) is 9.83. The molecule has 0 aliphatic rings. The number of rotatable bonds is 7. The highest BCUT2D eigenvalue weighted by Gasteiger charge is 2.05. The Morgan fingerprint density at radius 2 is 1.80 bits per heavy atom. The summed E-state index contributed by atoms with van der Waals surface area (Å²) in [6.07, 6.45) is 3.60. The molecule has 0 saturated heterocycles. The number of methoxy groups -OCH3 is 1. The van der Waals surface area contributed by atoms with Crippen molar-refractivity contribution in [2.45, 2.75) is 12.8 Å². The van der Waals surface area contributed by atoms with Crippen LogP contribution >= 0.6 is 0 Å². The van der Waals surface area contributed by atoms with E-state index in [-0.39, 0.29) is 0 Å². The van der Waals surface area contributed by atoms with Crippen LogP contribution in [0.4, 0.5) is 0 Å². The van der Waals surface area contributed by atoms with Gasteiger partial charge in [-0.25, -0.2) is 0 Å². The molecule has 2 heteroatoms. The molecule has 0 fully saturated rings. The lowest BCUT2D eigenvalue weighted by Crippen LogP contribution is -2.03. The molecule has 0 unspecified atom stereocenters. The van der Waals surface area contributed by atoms with Crippen molar-refractivity contribution in [1.82, 2.24) is 0 Å². The van der Waals surface area contributed by atoms with E-state index in [0.717, 1.165) is 24.3 Å². The maximum Gasteiger partial charge on any atom is 0.161 e. The van der Waals surface area contributed by atoms with Crippen molar-refractivity contribution in [2.24, 2.45) is 0 Å². The molecule has 104 valence electrons. The van der Waals surface area contributed by atoms with Gasteiger partial charge >= 0.3 is 0 Å². The van der Waals surface area contributed by atoms with E-state index in [0.29, 0.717) is 6.61 Å². The van der Waals surface area contributed by atoms with Gasteiger partial charge in [0.25, 0.3) is 0 Å². The number of hydrogen-bond acceptors (Lipinski definition) is 2. The maximum atomic E-state index is 5.81. The highest BCUT2D eigenvalue weighted by molar-refractivity contribution is 5.43. The van der Waals surface area contributed by atoms with Gasteiger partial charge in [-0.05, 0) is 29.7 Å². The molecule has 2 aromatic rings. The Bertz CT molecular complexity index is 547. The topological polar surface area (TPSA) is 18.5 Å². The van der Waals surface area contributed by atoms with Crippen molar-refractivity contribution in [2.75, 3.05) is 13.7 Å². The molecule has 0 N–H and O–H groups in total. The van der Waals surface area contributed by atoms with Crippen LogP contribution in [0.2, 0.25) is 0 Å². The monoisotopic (exact) mass is 268 g/mol. The highest BCUT2D eigenvalue weighted by Crippen LogP contribution is 2.28. The van der Waals surface area contributed by atoms with E-state index < -0.39 is 0 Å². The quantitative estimate of drug-likeness (QED) is 0.705. The van der Waals surface area contributed by atoms with Gasteiger partial charge in [0.15, 0.2) is 11.5 Å². The highest BCUT2D eigenvalue weighted by atomic mass is 16.5. The summed E-state index contributed by atoms with van der Waals surface area (Å²) in [6.45, 7) is 4.39. The Balaban J connectivity index is 1.96. The van der Waals surface area contributed by atoms with E-state index in [1.54, 1.807) is 7.11 Å². The Hall–Kier alpha value is -2.22. The van der Waals surface area contributed by atoms with E-state index in [9.17, 15) is 0 Å². The van der Waals surface area contributed by atoms with Crippen LogP contribution in [0.5, 0.6) is 11.5 Å². The lowest BCUT2D eigenvalue weighted by molar-refractivity contribution is 0.297. The van der Waals surface area contributed by atoms with Gasteiger partial charge in [-0.1, -0.05) is 42.5 Å². The Labute approximate surface area is 120 Å². The second-order valence-electron chi connectivity index (χ2n) is 4.56. The van der Waals surface area contributed by atoms with Gasteiger partial charge in [-0.2, -0.15) is 0 Å². The van der Waals surface area contributed by atoms with Crippen molar-refractivity contribution in [3.63, 3.8) is 0 Å². The lowest BCUT2D eigenvalue weighted by atomic mass is 10.1. The molecule has 0 saturated carbocycles. The Morgan fingerprint density at radius 3 is 2.50 bits per heavy atom. The fourth-order valence-electron chi connectivity index (χ4n) is 2.05. The van der Waals surface area contributed by atoms with Gasteiger partial charge in [-0.3, -0.25) is 0 Å². The first kappa shape index (κ1) is 14.2. The third kappa shape index (κ3) is 3.89. The summed E-state index contributed by atoms with van der Waals surface area (Å²) in [6, 6.07) is 16.3. The zero-order chi connectivity index (χ0) is 14.2. The summed E-state index contributed by atoms with van der Waals surface area (Å²) in [4.78, 5) is 0. The van der Waals surface area contributed by atoms with Crippen molar-refractivity contribution in [1.29, 1.82) is 0 Å². The van der Waals surface area contributed by atoms with E-state index in [1.165, 1.54) is 11.1 Å². The van der Waals surface area contributed by atoms with Gasteiger partial charge in [0.1, 0.15) is 0 Å². The summed E-state index contributed by atoms with van der Waals surface area (Å²) < 4.78 is 11.2. The standard InChI is InChI=1S/C18H20O2/c1-3-7-16-10-11-17(18(14-16)19-2)20-13-12-15-8-5-4-6-9-15/h3-6,8-11,14H,1,7,12-13H2,2H3. The first-order valence-electron chi connectivity index (χ1n) is 6.78. The fraction of sp³-hybridized carbons (Fsp3) is 0.222. The lowest BCUT2D eigenvalue weighted by Gasteiger charge is -2.12. The second-order valence-corrected chi connectivity index (χ2v) is 4.56. The molecule has 0 bridgehead atoms. The molecule has 0 spiro atoms. The molecule has 2 rings (SSSR count). The first-order valence-corrected chi connectivity index (χ1v) is 6.78. The average Bonchev–Trinajstić information content (AvgIpc) is 2.50. The van der Waals surface area contributed by atoms with E-state index in [2.05, 4.69) is 18.7 Å². The van der Waals surface area contributed by atoms with Crippen molar-refractivity contribution >= 4 is 0 Å². The van der Waals surface area contributed by atoms with Crippen LogP contribution in [-0.2, 0) is 12.8 Å². The van der Waals surface area contributed by atoms with Crippen molar-refractivity contribution < 1.29 is 9.47 Å². The Kier molecular flexibility index (Phi) is 5.24. The minimum Gasteiger partial charge on any atom is -0.493 e. The second kappa shape index (κ2) is 7.39. The normalized spacial score (nSPS) is 10.1. The minimum atomic E-state index is 0.640. The van der Waals surface area contributed by atoms with E-state index in [1.807, 2.05) is 42.5 Å². The van der Waals surface area contributed by atoms with Gasteiger partial charge in [0.05, 0.1) is 13.7 Å². The molecule has 0 atom stereocenters. The molecule has 0 amide bonds.